The first-order valence-corrected chi connectivity index (χ1v) is 10.5. The first-order chi connectivity index (χ1) is 14.7. The minimum absolute atomic E-state index is 0.0504. The fraction of sp³-hybridized carbons (Fsp3) is 0.304. The molecule has 0 saturated carbocycles. The van der Waals surface area contributed by atoms with Gasteiger partial charge in [0.05, 0.1) is 10.7 Å². The van der Waals surface area contributed by atoms with Gasteiger partial charge in [0.25, 0.3) is 0 Å². The standard InChI is InChI=1S/C23H25ClFN5O/c1-23(2,3)29-22(31)30-10-7-14(8-11-30)20-13-16-19(6-9-26-21(16)28-20)27-15-4-5-18(25)17(24)12-15/h4-7,9,12-13H,8,10-11H2,1-3H3,(H,29,31)(H2,26,27,28). The van der Waals surface area contributed by atoms with Crippen LogP contribution in [0, 0.1) is 5.82 Å². The Bertz CT molecular complexity index is 1160. The Morgan fingerprint density at radius 3 is 2.74 bits per heavy atom. The van der Waals surface area contributed by atoms with Gasteiger partial charge in [0.15, 0.2) is 0 Å². The number of halogens is 2. The molecule has 0 unspecified atom stereocenters. The van der Waals surface area contributed by atoms with Gasteiger partial charge >= 0.3 is 6.03 Å². The zero-order valence-corrected chi connectivity index (χ0v) is 18.5. The largest absolute Gasteiger partial charge is 0.355 e. The van der Waals surface area contributed by atoms with Crippen molar-refractivity contribution in [2.24, 2.45) is 0 Å². The van der Waals surface area contributed by atoms with E-state index in [9.17, 15) is 9.18 Å². The predicted octanol–water partition coefficient (Wildman–Crippen LogP) is 5.70. The average molecular weight is 442 g/mol. The number of hydrogen-bond donors (Lipinski definition) is 3. The second-order valence-electron chi connectivity index (χ2n) is 8.66. The number of amides is 2. The van der Waals surface area contributed by atoms with Crippen molar-refractivity contribution >= 4 is 45.6 Å². The number of carbonyl (C=O) groups excluding carboxylic acids is 1. The number of nitrogens with zero attached hydrogens (tertiary/aromatic N) is 2. The lowest BCUT2D eigenvalue weighted by Crippen LogP contribution is -2.49. The molecule has 2 aromatic heterocycles. The first kappa shape index (κ1) is 21.2. The van der Waals surface area contributed by atoms with Crippen molar-refractivity contribution in [1.29, 1.82) is 0 Å². The lowest BCUT2D eigenvalue weighted by Gasteiger charge is -2.30. The van der Waals surface area contributed by atoms with E-state index in [4.69, 9.17) is 11.6 Å². The van der Waals surface area contributed by atoms with Gasteiger partial charge in [-0.1, -0.05) is 17.7 Å². The maximum absolute atomic E-state index is 13.4. The lowest BCUT2D eigenvalue weighted by atomic mass is 10.0. The van der Waals surface area contributed by atoms with Crippen LogP contribution < -0.4 is 10.6 Å². The van der Waals surface area contributed by atoms with Crippen LogP contribution in [0.3, 0.4) is 0 Å². The van der Waals surface area contributed by atoms with Crippen LogP contribution in [0.2, 0.25) is 5.02 Å². The van der Waals surface area contributed by atoms with E-state index < -0.39 is 5.82 Å². The van der Waals surface area contributed by atoms with Gasteiger partial charge in [-0.3, -0.25) is 0 Å². The number of fused-ring (bicyclic) bond motifs is 1. The smallest absolute Gasteiger partial charge is 0.318 e. The predicted molar refractivity (Wildman–Crippen MR) is 123 cm³/mol. The van der Waals surface area contributed by atoms with Gasteiger partial charge in [0.1, 0.15) is 11.5 Å². The zero-order chi connectivity index (χ0) is 22.2. The Hall–Kier alpha value is -3.06. The fourth-order valence-corrected chi connectivity index (χ4v) is 3.72. The van der Waals surface area contributed by atoms with Crippen LogP contribution in [0.1, 0.15) is 32.9 Å². The summed E-state index contributed by atoms with van der Waals surface area (Å²) < 4.78 is 13.4. The van der Waals surface area contributed by atoms with Crippen molar-refractivity contribution in [1.82, 2.24) is 20.2 Å². The molecule has 0 radical (unpaired) electrons. The Balaban J connectivity index is 1.54. The molecule has 3 N–H and O–H groups in total. The number of aromatic nitrogens is 2. The molecule has 0 atom stereocenters. The molecule has 2 amide bonds. The number of rotatable bonds is 3. The molecule has 1 aliphatic rings. The summed E-state index contributed by atoms with van der Waals surface area (Å²) in [5.74, 6) is -0.453. The molecule has 1 aromatic carbocycles. The van der Waals surface area contributed by atoms with Gasteiger partial charge in [-0.15, -0.1) is 0 Å². The van der Waals surface area contributed by atoms with Crippen LogP contribution in [0.4, 0.5) is 20.6 Å². The van der Waals surface area contributed by atoms with E-state index in [0.29, 0.717) is 18.8 Å². The van der Waals surface area contributed by atoms with Gasteiger partial charge in [0, 0.05) is 41.6 Å². The van der Waals surface area contributed by atoms with Crippen molar-refractivity contribution in [3.05, 3.63) is 59.1 Å². The Morgan fingerprint density at radius 2 is 2.06 bits per heavy atom. The topological polar surface area (TPSA) is 73.1 Å². The quantitative estimate of drug-likeness (QED) is 0.488. The molecule has 8 heteroatoms. The summed E-state index contributed by atoms with van der Waals surface area (Å²) in [5.41, 5.74) is 4.15. The summed E-state index contributed by atoms with van der Waals surface area (Å²) in [6, 6.07) is 8.39. The number of benzene rings is 1. The minimum atomic E-state index is -0.453. The van der Waals surface area contributed by atoms with Gasteiger partial charge in [-0.2, -0.15) is 0 Å². The van der Waals surface area contributed by atoms with Crippen LogP contribution in [0.5, 0.6) is 0 Å². The number of aromatic amines is 1. The summed E-state index contributed by atoms with van der Waals surface area (Å²) >= 11 is 5.90. The molecule has 0 aliphatic carbocycles. The molecule has 4 rings (SSSR count). The molecule has 6 nitrogen and oxygen atoms in total. The molecule has 0 spiro atoms. The molecule has 31 heavy (non-hydrogen) atoms. The highest BCUT2D eigenvalue weighted by molar-refractivity contribution is 6.31. The number of urea groups is 1. The van der Waals surface area contributed by atoms with Crippen LogP contribution in [0.25, 0.3) is 16.6 Å². The van der Waals surface area contributed by atoms with Gasteiger partial charge in [0.2, 0.25) is 0 Å². The highest BCUT2D eigenvalue weighted by atomic mass is 35.5. The molecule has 0 saturated heterocycles. The highest BCUT2D eigenvalue weighted by Gasteiger charge is 2.22. The highest BCUT2D eigenvalue weighted by Crippen LogP contribution is 2.31. The summed E-state index contributed by atoms with van der Waals surface area (Å²) in [6.07, 6.45) is 4.54. The van der Waals surface area contributed by atoms with Gasteiger partial charge < -0.3 is 20.5 Å². The number of H-pyrrole nitrogens is 1. The molecular weight excluding hydrogens is 417 g/mol. The monoisotopic (exact) mass is 441 g/mol. The van der Waals surface area contributed by atoms with Crippen molar-refractivity contribution in [2.75, 3.05) is 18.4 Å². The van der Waals surface area contributed by atoms with Crippen LogP contribution in [-0.4, -0.2) is 39.5 Å². The Labute approximate surface area is 185 Å². The van der Waals surface area contributed by atoms with E-state index in [-0.39, 0.29) is 16.6 Å². The molecular formula is C23H25ClFN5O. The summed E-state index contributed by atoms with van der Waals surface area (Å²) in [5, 5.41) is 7.27. The molecule has 3 aromatic rings. The van der Waals surface area contributed by atoms with Crippen LogP contribution in [-0.2, 0) is 0 Å². The van der Waals surface area contributed by atoms with E-state index in [0.717, 1.165) is 34.4 Å². The van der Waals surface area contributed by atoms with Gasteiger partial charge in [-0.05, 0) is 63.1 Å². The molecule has 3 heterocycles. The van der Waals surface area contributed by atoms with E-state index in [1.165, 1.54) is 6.07 Å². The number of anilines is 2. The second-order valence-corrected chi connectivity index (χ2v) is 9.07. The van der Waals surface area contributed by atoms with Crippen molar-refractivity contribution in [2.45, 2.75) is 32.7 Å². The SMILES string of the molecule is CC(C)(C)NC(=O)N1CC=C(c2cc3c(Nc4ccc(F)c(Cl)c4)ccnc3[nH]2)CC1. The second kappa shape index (κ2) is 8.23. The third kappa shape index (κ3) is 4.82. The average Bonchev–Trinajstić information content (AvgIpc) is 3.15. The van der Waals surface area contributed by atoms with E-state index in [2.05, 4.69) is 26.7 Å². The van der Waals surface area contributed by atoms with Crippen molar-refractivity contribution < 1.29 is 9.18 Å². The van der Waals surface area contributed by atoms with Crippen molar-refractivity contribution in [3.63, 3.8) is 0 Å². The van der Waals surface area contributed by atoms with Crippen LogP contribution in [0.15, 0.2) is 42.6 Å². The Kier molecular flexibility index (Phi) is 5.62. The molecule has 0 bridgehead atoms. The summed E-state index contributed by atoms with van der Waals surface area (Å²) in [6.45, 7) is 7.12. The number of hydrogen-bond acceptors (Lipinski definition) is 3. The summed E-state index contributed by atoms with van der Waals surface area (Å²) in [7, 11) is 0. The van der Waals surface area contributed by atoms with Crippen molar-refractivity contribution in [3.8, 4) is 0 Å². The first-order valence-electron chi connectivity index (χ1n) is 10.2. The van der Waals surface area contributed by atoms with E-state index in [1.807, 2.05) is 32.9 Å². The normalized spacial score (nSPS) is 14.5. The number of nitrogens with one attached hydrogen (secondary N) is 3. The maximum atomic E-state index is 13.4. The lowest BCUT2D eigenvalue weighted by molar-refractivity contribution is 0.193. The zero-order valence-electron chi connectivity index (χ0n) is 17.7. The minimum Gasteiger partial charge on any atom is -0.355 e. The Morgan fingerprint density at radius 1 is 1.26 bits per heavy atom. The van der Waals surface area contributed by atoms with Crippen LogP contribution >= 0.6 is 11.6 Å². The number of carbonyl (C=O) groups is 1. The molecule has 1 aliphatic heterocycles. The maximum Gasteiger partial charge on any atom is 0.318 e. The van der Waals surface area contributed by atoms with E-state index in [1.54, 1.807) is 23.2 Å². The molecule has 0 fully saturated rings. The number of pyridine rings is 1. The van der Waals surface area contributed by atoms with E-state index >= 15 is 0 Å². The third-order valence-corrected chi connectivity index (χ3v) is 5.34. The molecule has 162 valence electrons. The van der Waals surface area contributed by atoms with Gasteiger partial charge in [-0.25, -0.2) is 14.2 Å². The summed E-state index contributed by atoms with van der Waals surface area (Å²) in [4.78, 5) is 22.0. The fourth-order valence-electron chi connectivity index (χ4n) is 3.54. The third-order valence-electron chi connectivity index (χ3n) is 5.05.